The van der Waals surface area contributed by atoms with Crippen LogP contribution in [-0.2, 0) is 15.9 Å². The Morgan fingerprint density at radius 3 is 2.43 bits per heavy atom. The normalized spacial score (nSPS) is 28.6. The largest absolute Gasteiger partial charge is 0.508 e. The maximum Gasteiger partial charge on any atom is 0.336 e. The van der Waals surface area contributed by atoms with Crippen LogP contribution in [0.3, 0.4) is 0 Å². The van der Waals surface area contributed by atoms with Crippen LogP contribution >= 0.6 is 0 Å². The summed E-state index contributed by atoms with van der Waals surface area (Å²) in [6, 6.07) is 5.76. The molecule has 1 aromatic carbocycles. The van der Waals surface area contributed by atoms with Crippen molar-refractivity contribution in [2.45, 2.75) is 62.7 Å². The second-order valence-electron chi connectivity index (χ2n) is 7.87. The van der Waals surface area contributed by atoms with Crippen LogP contribution in [0.4, 0.5) is 0 Å². The SMILES string of the molecule is CC(C)(O[C@H]1O[C@H](CO)[C@@H](O)[C@H](O)[C@H]1O)[C@H](O)Cc1c(O)ccc2ccc(=O)oc12. The monoisotopic (exact) mass is 426 g/mol. The van der Waals surface area contributed by atoms with Crippen LogP contribution in [0.5, 0.6) is 5.75 Å². The average molecular weight is 426 g/mol. The molecule has 0 bridgehead atoms. The summed E-state index contributed by atoms with van der Waals surface area (Å²) in [5.74, 6) is -0.181. The summed E-state index contributed by atoms with van der Waals surface area (Å²) in [5, 5.41) is 60.8. The fraction of sp³-hybridized carbons (Fsp3) is 0.550. The molecule has 6 atom stereocenters. The van der Waals surface area contributed by atoms with Gasteiger partial charge in [-0.25, -0.2) is 4.79 Å². The zero-order chi connectivity index (χ0) is 22.2. The van der Waals surface area contributed by atoms with Crippen LogP contribution in [0.2, 0.25) is 0 Å². The molecule has 0 saturated carbocycles. The molecule has 0 unspecified atom stereocenters. The Morgan fingerprint density at radius 2 is 1.77 bits per heavy atom. The number of hydrogen-bond acceptors (Lipinski definition) is 10. The van der Waals surface area contributed by atoms with Gasteiger partial charge in [-0.3, -0.25) is 0 Å². The van der Waals surface area contributed by atoms with Crippen LogP contribution in [0.25, 0.3) is 11.0 Å². The summed E-state index contributed by atoms with van der Waals surface area (Å²) in [5.41, 5.74) is -1.66. The maximum atomic E-state index is 11.6. The van der Waals surface area contributed by atoms with Crippen molar-refractivity contribution in [2.75, 3.05) is 6.61 Å². The Hall–Kier alpha value is -2.05. The third-order valence-electron chi connectivity index (χ3n) is 5.34. The molecule has 3 rings (SSSR count). The highest BCUT2D eigenvalue weighted by Gasteiger charge is 2.47. The third kappa shape index (κ3) is 4.35. The molecule has 0 aliphatic carbocycles. The van der Waals surface area contributed by atoms with E-state index >= 15 is 0 Å². The van der Waals surface area contributed by atoms with Crippen molar-refractivity contribution in [3.8, 4) is 5.75 Å². The molecule has 30 heavy (non-hydrogen) atoms. The van der Waals surface area contributed by atoms with Crippen LogP contribution < -0.4 is 5.63 Å². The molecule has 0 spiro atoms. The van der Waals surface area contributed by atoms with Crippen LogP contribution in [-0.4, -0.2) is 79.7 Å². The molecular weight excluding hydrogens is 400 g/mol. The first-order valence-electron chi connectivity index (χ1n) is 9.46. The smallest absolute Gasteiger partial charge is 0.336 e. The molecule has 10 nitrogen and oxygen atoms in total. The lowest BCUT2D eigenvalue weighted by molar-refractivity contribution is -0.331. The molecule has 0 radical (unpaired) electrons. The number of ether oxygens (including phenoxy) is 2. The van der Waals surface area contributed by atoms with Crippen LogP contribution in [0, 0.1) is 0 Å². The lowest BCUT2D eigenvalue weighted by Crippen LogP contribution is -2.61. The summed E-state index contributed by atoms with van der Waals surface area (Å²) < 4.78 is 16.2. The van der Waals surface area contributed by atoms with Crippen molar-refractivity contribution in [2.24, 2.45) is 0 Å². The zero-order valence-electron chi connectivity index (χ0n) is 16.5. The second kappa shape index (κ2) is 8.60. The van der Waals surface area contributed by atoms with Gasteiger partial charge in [0.1, 0.15) is 35.7 Å². The lowest BCUT2D eigenvalue weighted by Gasteiger charge is -2.43. The first kappa shape index (κ1) is 22.6. The van der Waals surface area contributed by atoms with Gasteiger partial charge in [-0.1, -0.05) is 0 Å². The number of benzene rings is 1. The molecule has 1 aromatic heterocycles. The average Bonchev–Trinajstić information content (AvgIpc) is 2.70. The van der Waals surface area contributed by atoms with Crippen molar-refractivity contribution < 1.29 is 44.5 Å². The molecule has 2 aromatic rings. The topological polar surface area (TPSA) is 170 Å². The molecule has 1 aliphatic heterocycles. The quantitative estimate of drug-likeness (QED) is 0.315. The van der Waals surface area contributed by atoms with Crippen molar-refractivity contribution in [3.63, 3.8) is 0 Å². The molecule has 166 valence electrons. The first-order chi connectivity index (χ1) is 14.0. The molecule has 0 amide bonds. The van der Waals surface area contributed by atoms with Gasteiger partial charge in [0.05, 0.1) is 18.3 Å². The van der Waals surface area contributed by atoms with E-state index < -0.39 is 54.6 Å². The zero-order valence-corrected chi connectivity index (χ0v) is 16.5. The molecule has 6 N–H and O–H groups in total. The first-order valence-corrected chi connectivity index (χ1v) is 9.46. The highest BCUT2D eigenvalue weighted by atomic mass is 16.7. The summed E-state index contributed by atoms with van der Waals surface area (Å²) in [4.78, 5) is 11.6. The van der Waals surface area contributed by atoms with E-state index in [1.165, 1.54) is 32.0 Å². The number of phenols is 1. The standard InChI is InChI=1S/C20H26O10/c1-20(2,30-19-17(27)16(26)15(25)12(8-21)28-19)13(23)7-10-11(22)5-3-9-4-6-14(24)29-18(9)10/h3-6,12-13,15-17,19,21-23,25-27H,7-8H2,1-2H3/t12-,13-,15-,16+,17-,19-/m1/s1. The summed E-state index contributed by atoms with van der Waals surface area (Å²) in [6.45, 7) is 2.38. The van der Waals surface area contributed by atoms with Gasteiger partial charge in [-0.2, -0.15) is 0 Å². The number of aromatic hydroxyl groups is 1. The number of aliphatic hydroxyl groups excluding tert-OH is 5. The van der Waals surface area contributed by atoms with E-state index in [4.69, 9.17) is 13.9 Å². The van der Waals surface area contributed by atoms with Crippen molar-refractivity contribution in [1.82, 2.24) is 0 Å². The Balaban J connectivity index is 1.82. The number of fused-ring (bicyclic) bond motifs is 1. The predicted octanol–water partition coefficient (Wildman–Crippen LogP) is -1.00. The number of aliphatic hydroxyl groups is 5. The van der Waals surface area contributed by atoms with Crippen LogP contribution in [0.15, 0.2) is 33.5 Å². The number of phenolic OH excluding ortho intramolecular Hbond substituents is 1. The number of hydrogen-bond donors (Lipinski definition) is 6. The van der Waals surface area contributed by atoms with Gasteiger partial charge in [-0.05, 0) is 32.0 Å². The van der Waals surface area contributed by atoms with E-state index in [0.29, 0.717) is 5.39 Å². The fourth-order valence-electron chi connectivity index (χ4n) is 3.36. The van der Waals surface area contributed by atoms with Gasteiger partial charge in [0.25, 0.3) is 0 Å². The van der Waals surface area contributed by atoms with Gasteiger partial charge in [-0.15, -0.1) is 0 Å². The highest BCUT2D eigenvalue weighted by molar-refractivity contribution is 5.82. The van der Waals surface area contributed by atoms with E-state index in [9.17, 15) is 35.4 Å². The fourth-order valence-corrected chi connectivity index (χ4v) is 3.36. The number of rotatable bonds is 6. The van der Waals surface area contributed by atoms with Crippen molar-refractivity contribution in [3.05, 3.63) is 40.2 Å². The minimum Gasteiger partial charge on any atom is -0.508 e. The maximum absolute atomic E-state index is 11.6. The minimum absolute atomic E-state index is 0.130. The van der Waals surface area contributed by atoms with Gasteiger partial charge < -0.3 is 44.5 Å². The Bertz CT molecular complexity index is 937. The van der Waals surface area contributed by atoms with Gasteiger partial charge in [0.2, 0.25) is 0 Å². The Morgan fingerprint density at radius 1 is 1.10 bits per heavy atom. The summed E-state index contributed by atoms with van der Waals surface area (Å²) in [6.07, 6.45) is -8.81. The van der Waals surface area contributed by atoms with E-state index in [1.807, 2.05) is 0 Å². The predicted molar refractivity (Wildman–Crippen MR) is 103 cm³/mol. The summed E-state index contributed by atoms with van der Waals surface area (Å²) in [7, 11) is 0. The van der Waals surface area contributed by atoms with E-state index in [1.54, 1.807) is 6.07 Å². The highest BCUT2D eigenvalue weighted by Crippen LogP contribution is 2.32. The van der Waals surface area contributed by atoms with Gasteiger partial charge in [0, 0.05) is 23.4 Å². The van der Waals surface area contributed by atoms with Gasteiger partial charge in [0.15, 0.2) is 6.29 Å². The molecule has 10 heteroatoms. The lowest BCUT2D eigenvalue weighted by atomic mass is 9.92. The molecule has 1 saturated heterocycles. The molecule has 1 fully saturated rings. The molecule has 2 heterocycles. The minimum atomic E-state index is -1.63. The summed E-state index contributed by atoms with van der Waals surface area (Å²) >= 11 is 0. The Labute approximate surface area is 171 Å². The van der Waals surface area contributed by atoms with E-state index in [0.717, 1.165) is 0 Å². The van der Waals surface area contributed by atoms with E-state index in [2.05, 4.69) is 0 Å². The van der Waals surface area contributed by atoms with Crippen LogP contribution in [0.1, 0.15) is 19.4 Å². The van der Waals surface area contributed by atoms with E-state index in [-0.39, 0.29) is 23.3 Å². The molecule has 1 aliphatic rings. The third-order valence-corrected chi connectivity index (χ3v) is 5.34. The Kier molecular flexibility index (Phi) is 6.48. The van der Waals surface area contributed by atoms with Gasteiger partial charge >= 0.3 is 5.63 Å². The van der Waals surface area contributed by atoms with Crippen molar-refractivity contribution >= 4 is 11.0 Å². The second-order valence-corrected chi connectivity index (χ2v) is 7.87. The molecular formula is C20H26O10. The van der Waals surface area contributed by atoms with Crippen molar-refractivity contribution in [1.29, 1.82) is 0 Å².